The molecule has 3 aromatic rings. The lowest BCUT2D eigenvalue weighted by molar-refractivity contribution is -0.130. The number of pyridine rings is 2. The molecule has 0 bridgehead atoms. The molecule has 0 saturated carbocycles. The van der Waals surface area contributed by atoms with Gasteiger partial charge in [-0.3, -0.25) is 14.8 Å². The van der Waals surface area contributed by atoms with Gasteiger partial charge in [0.25, 0.3) is 0 Å². The number of aromatic nitrogens is 2. The highest BCUT2D eigenvalue weighted by atomic mass is 35.5. The maximum absolute atomic E-state index is 12.8. The van der Waals surface area contributed by atoms with E-state index in [9.17, 15) is 4.79 Å². The average molecular weight is 494 g/mol. The molecule has 2 aromatic heterocycles. The van der Waals surface area contributed by atoms with E-state index < -0.39 is 0 Å². The standard InChI is InChI=1S/C26H23Cl2N3O.C2H6/c27-20-4-6-21-19(15-20)3-5-22-23(28)7-11-30-26(22)25(21)18-8-12-31(13-9-18)24(32)14-17-2-1-10-29-16-17;1-2/h1-2,4,6-7,10-11,15-16H,3,5,8-9,12-14H2;1-2H3. The number of hydrogen-bond acceptors (Lipinski definition) is 3. The summed E-state index contributed by atoms with van der Waals surface area (Å²) >= 11 is 12.9. The molecule has 1 saturated heterocycles. The summed E-state index contributed by atoms with van der Waals surface area (Å²) in [6, 6.07) is 11.8. The normalized spacial score (nSPS) is 15.0. The quantitative estimate of drug-likeness (QED) is 0.405. The van der Waals surface area contributed by atoms with E-state index in [0.717, 1.165) is 52.5 Å². The first-order chi connectivity index (χ1) is 16.6. The summed E-state index contributed by atoms with van der Waals surface area (Å²) in [6.07, 6.45) is 9.02. The molecule has 2 aliphatic rings. The van der Waals surface area contributed by atoms with Gasteiger partial charge in [-0.2, -0.15) is 0 Å². The highest BCUT2D eigenvalue weighted by Gasteiger charge is 2.27. The summed E-state index contributed by atoms with van der Waals surface area (Å²) in [5, 5.41) is 1.50. The van der Waals surface area contributed by atoms with Gasteiger partial charge in [-0.05, 0) is 72.2 Å². The Hall–Kier alpha value is -2.69. The number of carbonyl (C=O) groups is 1. The third-order valence-corrected chi connectivity index (χ3v) is 6.96. The molecule has 3 heterocycles. The first kappa shape index (κ1) is 24.4. The maximum atomic E-state index is 12.8. The number of carbonyl (C=O) groups excluding carboxylic acids is 1. The van der Waals surface area contributed by atoms with Gasteiger partial charge in [0.2, 0.25) is 5.91 Å². The van der Waals surface area contributed by atoms with Gasteiger partial charge in [0.1, 0.15) is 0 Å². The SMILES string of the molecule is CC.O=C(Cc1cccnc1)N1CCC(=C2c3ccc(Cl)cc3CCc3c(Cl)ccnc32)CC1. The minimum atomic E-state index is 0.150. The van der Waals surface area contributed by atoms with Gasteiger partial charge in [0.05, 0.1) is 12.1 Å². The summed E-state index contributed by atoms with van der Waals surface area (Å²) in [7, 11) is 0. The molecule has 1 fully saturated rings. The molecule has 1 aromatic carbocycles. The summed E-state index contributed by atoms with van der Waals surface area (Å²) in [5.74, 6) is 0.150. The molecule has 0 N–H and O–H groups in total. The van der Waals surface area contributed by atoms with Crippen LogP contribution in [0.15, 0.2) is 60.6 Å². The number of halogens is 2. The lowest BCUT2D eigenvalue weighted by Gasteiger charge is -2.30. The summed E-state index contributed by atoms with van der Waals surface area (Å²) in [6.45, 7) is 5.41. The molecule has 176 valence electrons. The van der Waals surface area contributed by atoms with Gasteiger partial charge in [0, 0.05) is 47.3 Å². The fourth-order valence-electron chi connectivity index (χ4n) is 4.75. The fraction of sp³-hybridized carbons (Fsp3) is 0.321. The minimum absolute atomic E-state index is 0.150. The molecule has 34 heavy (non-hydrogen) atoms. The van der Waals surface area contributed by atoms with Crippen LogP contribution in [0.4, 0.5) is 0 Å². The van der Waals surface area contributed by atoms with E-state index in [1.807, 2.05) is 43.0 Å². The molecule has 6 heteroatoms. The second kappa shape index (κ2) is 11.2. The van der Waals surface area contributed by atoms with E-state index in [0.29, 0.717) is 19.5 Å². The van der Waals surface area contributed by atoms with E-state index in [4.69, 9.17) is 28.2 Å². The Kier molecular flexibility index (Phi) is 8.02. The molecule has 1 aliphatic heterocycles. The van der Waals surface area contributed by atoms with Crippen LogP contribution in [0.25, 0.3) is 5.57 Å². The second-order valence-electron chi connectivity index (χ2n) is 8.32. The molecule has 0 radical (unpaired) electrons. The van der Waals surface area contributed by atoms with E-state index in [-0.39, 0.29) is 5.91 Å². The predicted molar refractivity (Wildman–Crippen MR) is 139 cm³/mol. The van der Waals surface area contributed by atoms with Crippen molar-refractivity contribution in [3.05, 3.63) is 98.6 Å². The largest absolute Gasteiger partial charge is 0.342 e. The molecule has 1 aliphatic carbocycles. The van der Waals surface area contributed by atoms with Crippen molar-refractivity contribution in [2.45, 2.75) is 46.0 Å². The molecule has 0 atom stereocenters. The summed E-state index contributed by atoms with van der Waals surface area (Å²) in [5.41, 5.74) is 7.94. The van der Waals surface area contributed by atoms with Crippen LogP contribution in [-0.4, -0.2) is 33.9 Å². The predicted octanol–water partition coefficient (Wildman–Crippen LogP) is 6.58. The van der Waals surface area contributed by atoms with Crippen LogP contribution in [0.1, 0.15) is 54.6 Å². The molecule has 0 unspecified atom stereocenters. The van der Waals surface area contributed by atoms with Crippen LogP contribution in [0.3, 0.4) is 0 Å². The zero-order valence-electron chi connectivity index (χ0n) is 19.7. The third-order valence-electron chi connectivity index (χ3n) is 6.37. The van der Waals surface area contributed by atoms with Crippen LogP contribution < -0.4 is 0 Å². The Morgan fingerprint density at radius 1 is 1.00 bits per heavy atom. The molecular weight excluding hydrogens is 465 g/mol. The van der Waals surface area contributed by atoms with E-state index in [2.05, 4.69) is 17.1 Å². The molecule has 0 spiro atoms. The highest BCUT2D eigenvalue weighted by Crippen LogP contribution is 2.40. The van der Waals surface area contributed by atoms with Crippen molar-refractivity contribution in [1.82, 2.24) is 14.9 Å². The minimum Gasteiger partial charge on any atom is -0.342 e. The number of benzene rings is 1. The zero-order chi connectivity index (χ0) is 24.1. The average Bonchev–Trinajstić information content (AvgIpc) is 3.03. The van der Waals surface area contributed by atoms with Crippen LogP contribution in [0, 0.1) is 0 Å². The first-order valence-electron chi connectivity index (χ1n) is 11.9. The Bertz CT molecular complexity index is 1200. The van der Waals surface area contributed by atoms with Gasteiger partial charge < -0.3 is 4.90 Å². The topological polar surface area (TPSA) is 46.1 Å². The number of fused-ring (bicyclic) bond motifs is 2. The number of hydrogen-bond donors (Lipinski definition) is 0. The van der Waals surface area contributed by atoms with Gasteiger partial charge in [-0.15, -0.1) is 0 Å². The van der Waals surface area contributed by atoms with Gasteiger partial charge in [-0.25, -0.2) is 0 Å². The van der Waals surface area contributed by atoms with Crippen LogP contribution in [-0.2, 0) is 24.1 Å². The van der Waals surface area contributed by atoms with Crippen molar-refractivity contribution >= 4 is 34.7 Å². The molecular formula is C28H29Cl2N3O. The number of nitrogens with zero attached hydrogens (tertiary/aromatic N) is 3. The summed E-state index contributed by atoms with van der Waals surface area (Å²) in [4.78, 5) is 23.7. The second-order valence-corrected chi connectivity index (χ2v) is 9.16. The van der Waals surface area contributed by atoms with Crippen molar-refractivity contribution in [2.24, 2.45) is 0 Å². The van der Waals surface area contributed by atoms with Crippen LogP contribution in [0.2, 0.25) is 10.0 Å². The highest BCUT2D eigenvalue weighted by molar-refractivity contribution is 6.31. The number of aryl methyl sites for hydroxylation is 1. The van der Waals surface area contributed by atoms with Crippen molar-refractivity contribution in [2.75, 3.05) is 13.1 Å². The van der Waals surface area contributed by atoms with E-state index >= 15 is 0 Å². The smallest absolute Gasteiger partial charge is 0.227 e. The maximum Gasteiger partial charge on any atom is 0.227 e. The Morgan fingerprint density at radius 2 is 1.79 bits per heavy atom. The monoisotopic (exact) mass is 493 g/mol. The van der Waals surface area contributed by atoms with Crippen molar-refractivity contribution in [3.8, 4) is 0 Å². The van der Waals surface area contributed by atoms with Gasteiger partial charge in [-0.1, -0.05) is 54.8 Å². The third kappa shape index (κ3) is 5.18. The van der Waals surface area contributed by atoms with Gasteiger partial charge in [0.15, 0.2) is 0 Å². The van der Waals surface area contributed by atoms with Crippen LogP contribution >= 0.6 is 23.2 Å². The van der Waals surface area contributed by atoms with Crippen molar-refractivity contribution in [3.63, 3.8) is 0 Å². The first-order valence-corrected chi connectivity index (χ1v) is 12.7. The lowest BCUT2D eigenvalue weighted by atomic mass is 9.88. The number of piperidine rings is 1. The van der Waals surface area contributed by atoms with Crippen molar-refractivity contribution < 1.29 is 4.79 Å². The summed E-state index contributed by atoms with van der Waals surface area (Å²) < 4.78 is 0. The Morgan fingerprint density at radius 3 is 2.53 bits per heavy atom. The fourth-order valence-corrected chi connectivity index (χ4v) is 5.18. The van der Waals surface area contributed by atoms with E-state index in [1.165, 1.54) is 22.3 Å². The van der Waals surface area contributed by atoms with Crippen molar-refractivity contribution in [1.29, 1.82) is 0 Å². The Labute approximate surface area is 211 Å². The zero-order valence-corrected chi connectivity index (χ0v) is 21.2. The number of amides is 1. The van der Waals surface area contributed by atoms with E-state index in [1.54, 1.807) is 18.6 Å². The van der Waals surface area contributed by atoms with Crippen LogP contribution in [0.5, 0.6) is 0 Å². The number of rotatable bonds is 2. The van der Waals surface area contributed by atoms with Gasteiger partial charge >= 0.3 is 0 Å². The Balaban J connectivity index is 0.00000133. The molecule has 5 rings (SSSR count). The number of likely N-dealkylation sites (tertiary alicyclic amines) is 1. The lowest BCUT2D eigenvalue weighted by Crippen LogP contribution is -2.37. The molecule has 1 amide bonds. The molecule has 4 nitrogen and oxygen atoms in total.